The van der Waals surface area contributed by atoms with Gasteiger partial charge in [0.15, 0.2) is 0 Å². The minimum atomic E-state index is 0.873. The van der Waals surface area contributed by atoms with E-state index in [9.17, 15) is 0 Å². The van der Waals surface area contributed by atoms with E-state index in [1.54, 1.807) is 22.7 Å². The fourth-order valence-electron chi connectivity index (χ4n) is 4.44. The van der Waals surface area contributed by atoms with Gasteiger partial charge in [-0.25, -0.2) is 9.13 Å². The molecule has 4 aromatic rings. The van der Waals surface area contributed by atoms with Crippen molar-refractivity contribution in [2.24, 2.45) is 20.5 Å². The average Bonchev–Trinajstić information content (AvgIpc) is 3.66. The summed E-state index contributed by atoms with van der Waals surface area (Å²) in [6.07, 6.45) is 6.34. The summed E-state index contributed by atoms with van der Waals surface area (Å²) in [5.41, 5.74) is 4.20. The SMILES string of the molecule is CCN(CCCCN(CC)c1ccc(N=Nc2scc[n+]2CC)cc1)c1ccc(N=Nc2scc[n+]2CC)cc1. The van der Waals surface area contributed by atoms with Crippen molar-refractivity contribution < 1.29 is 9.13 Å². The van der Waals surface area contributed by atoms with Crippen molar-refractivity contribution in [2.75, 3.05) is 36.0 Å². The summed E-state index contributed by atoms with van der Waals surface area (Å²) in [7, 11) is 0. The highest BCUT2D eigenvalue weighted by molar-refractivity contribution is 7.13. The van der Waals surface area contributed by atoms with E-state index in [1.165, 1.54) is 11.4 Å². The molecule has 0 aliphatic rings. The summed E-state index contributed by atoms with van der Waals surface area (Å²) in [5.74, 6) is 0. The average molecular weight is 577 g/mol. The highest BCUT2D eigenvalue weighted by atomic mass is 32.1. The first kappa shape index (κ1) is 29.5. The standard InChI is InChI=1S/C30H40N8S2/c1-5-35(27-15-11-25(12-16-27)31-33-29-37(7-3)21-23-39-29)19-9-10-20-36(6-2)28-17-13-26(14-18-28)32-34-30-38(8-4)22-24-40-30/h11-18,21-24H,5-10,19-20H2,1-4H3/q+2. The molecule has 0 fully saturated rings. The molecule has 0 saturated heterocycles. The molecular formula is C30H40N8S2+2. The number of unbranched alkanes of at least 4 members (excludes halogenated alkanes) is 1. The van der Waals surface area contributed by atoms with Gasteiger partial charge in [-0.2, -0.15) is 0 Å². The van der Waals surface area contributed by atoms with Crippen molar-refractivity contribution in [3.8, 4) is 0 Å². The third kappa shape index (κ3) is 8.02. The van der Waals surface area contributed by atoms with E-state index in [0.29, 0.717) is 0 Å². The molecule has 2 heterocycles. The summed E-state index contributed by atoms with van der Waals surface area (Å²) < 4.78 is 4.19. The second-order valence-corrected chi connectivity index (χ2v) is 11.0. The van der Waals surface area contributed by atoms with Gasteiger partial charge >= 0.3 is 10.3 Å². The number of aromatic nitrogens is 2. The number of benzene rings is 2. The molecule has 8 nitrogen and oxygen atoms in total. The van der Waals surface area contributed by atoms with Crippen LogP contribution in [0.2, 0.25) is 0 Å². The van der Waals surface area contributed by atoms with Gasteiger partial charge in [-0.05, 0) is 122 Å². The number of thiazole rings is 2. The fourth-order valence-corrected chi connectivity index (χ4v) is 5.93. The number of hydrogen-bond donors (Lipinski definition) is 0. The summed E-state index contributed by atoms with van der Waals surface area (Å²) in [5, 5.41) is 23.6. The van der Waals surface area contributed by atoms with E-state index in [4.69, 9.17) is 0 Å². The molecule has 10 heteroatoms. The van der Waals surface area contributed by atoms with Gasteiger partial charge in [0.25, 0.3) is 0 Å². The molecule has 0 aliphatic carbocycles. The molecular weight excluding hydrogens is 537 g/mol. The van der Waals surface area contributed by atoms with Gasteiger partial charge in [0.05, 0.1) is 23.3 Å². The van der Waals surface area contributed by atoms with E-state index in [-0.39, 0.29) is 0 Å². The minimum absolute atomic E-state index is 0.873. The Bertz CT molecular complexity index is 1250. The smallest absolute Gasteiger partial charge is 0.372 e. The van der Waals surface area contributed by atoms with Crippen LogP contribution in [-0.2, 0) is 13.1 Å². The van der Waals surface area contributed by atoms with Gasteiger partial charge in [-0.1, -0.05) is 0 Å². The molecule has 40 heavy (non-hydrogen) atoms. The fraction of sp³-hybridized carbons (Fsp3) is 0.400. The lowest BCUT2D eigenvalue weighted by Gasteiger charge is -2.26. The number of aryl methyl sites for hydroxylation is 2. The third-order valence-corrected chi connectivity index (χ3v) is 8.37. The molecule has 0 radical (unpaired) electrons. The van der Waals surface area contributed by atoms with Crippen LogP contribution in [0.4, 0.5) is 33.0 Å². The van der Waals surface area contributed by atoms with Crippen molar-refractivity contribution in [3.63, 3.8) is 0 Å². The van der Waals surface area contributed by atoms with E-state index >= 15 is 0 Å². The van der Waals surface area contributed by atoms with Crippen LogP contribution in [0, 0.1) is 0 Å². The molecule has 4 rings (SSSR count). The Morgan fingerprint density at radius 1 is 0.575 bits per heavy atom. The van der Waals surface area contributed by atoms with Gasteiger partial charge < -0.3 is 9.80 Å². The largest absolute Gasteiger partial charge is 0.408 e. The normalized spacial score (nSPS) is 11.6. The summed E-state index contributed by atoms with van der Waals surface area (Å²) in [6, 6.07) is 16.8. The maximum atomic E-state index is 4.43. The Hall–Kier alpha value is -3.50. The molecule has 0 N–H and O–H groups in total. The molecule has 0 amide bonds. The Morgan fingerprint density at radius 3 is 1.32 bits per heavy atom. The summed E-state index contributed by atoms with van der Waals surface area (Å²) >= 11 is 3.21. The zero-order chi connectivity index (χ0) is 28.2. The molecule has 0 atom stereocenters. The molecule has 2 aromatic carbocycles. The van der Waals surface area contributed by atoms with Gasteiger partial charge in [0.2, 0.25) is 0 Å². The van der Waals surface area contributed by atoms with Crippen molar-refractivity contribution in [2.45, 2.75) is 53.6 Å². The monoisotopic (exact) mass is 576 g/mol. The second-order valence-electron chi connectivity index (χ2n) is 9.24. The maximum Gasteiger partial charge on any atom is 0.408 e. The van der Waals surface area contributed by atoms with Crippen LogP contribution in [0.3, 0.4) is 0 Å². The number of hydrogen-bond acceptors (Lipinski definition) is 8. The first-order chi connectivity index (χ1) is 19.6. The zero-order valence-corrected chi connectivity index (χ0v) is 25.6. The van der Waals surface area contributed by atoms with Crippen LogP contribution in [0.1, 0.15) is 40.5 Å². The van der Waals surface area contributed by atoms with Crippen molar-refractivity contribution in [1.29, 1.82) is 0 Å². The molecule has 0 unspecified atom stereocenters. The second kappa shape index (κ2) is 15.3. The lowest BCUT2D eigenvalue weighted by molar-refractivity contribution is -0.677. The van der Waals surface area contributed by atoms with Crippen LogP contribution in [-0.4, -0.2) is 26.2 Å². The third-order valence-electron chi connectivity index (χ3n) is 6.80. The number of anilines is 2. The van der Waals surface area contributed by atoms with E-state index < -0.39 is 0 Å². The summed E-state index contributed by atoms with van der Waals surface area (Å²) in [6.45, 7) is 14.4. The highest BCUT2D eigenvalue weighted by Crippen LogP contribution is 2.25. The first-order valence-electron chi connectivity index (χ1n) is 14.1. The Labute approximate surface area is 246 Å². The Balaban J connectivity index is 1.25. The van der Waals surface area contributed by atoms with Crippen molar-refractivity contribution >= 4 is 55.7 Å². The number of rotatable bonds is 15. The first-order valence-corrected chi connectivity index (χ1v) is 15.9. The zero-order valence-electron chi connectivity index (χ0n) is 24.0. The lowest BCUT2D eigenvalue weighted by atomic mass is 10.2. The Morgan fingerprint density at radius 2 is 0.975 bits per heavy atom. The maximum absolute atomic E-state index is 4.43. The number of azo groups is 2. The molecule has 0 aliphatic heterocycles. The molecule has 2 aromatic heterocycles. The van der Waals surface area contributed by atoms with Crippen LogP contribution >= 0.6 is 22.7 Å². The van der Waals surface area contributed by atoms with Crippen molar-refractivity contribution in [3.05, 3.63) is 71.7 Å². The van der Waals surface area contributed by atoms with Crippen LogP contribution in [0.15, 0.2) is 92.1 Å². The van der Waals surface area contributed by atoms with E-state index in [1.807, 2.05) is 23.2 Å². The molecule has 0 bridgehead atoms. The summed E-state index contributed by atoms with van der Waals surface area (Å²) in [4.78, 5) is 4.86. The topological polar surface area (TPSA) is 63.7 Å². The quantitative estimate of drug-likeness (QED) is 0.0810. The van der Waals surface area contributed by atoms with Crippen LogP contribution in [0.25, 0.3) is 0 Å². The highest BCUT2D eigenvalue weighted by Gasteiger charge is 2.12. The predicted octanol–water partition coefficient (Wildman–Crippen LogP) is 8.39. The van der Waals surface area contributed by atoms with E-state index in [0.717, 1.165) is 73.7 Å². The van der Waals surface area contributed by atoms with Crippen LogP contribution in [0.5, 0.6) is 0 Å². The molecule has 210 valence electrons. The number of nitrogens with zero attached hydrogens (tertiary/aromatic N) is 8. The van der Waals surface area contributed by atoms with Gasteiger partial charge in [-0.3, -0.25) is 0 Å². The van der Waals surface area contributed by atoms with Crippen molar-refractivity contribution in [1.82, 2.24) is 0 Å². The van der Waals surface area contributed by atoms with Gasteiger partial charge in [-0.15, -0.1) is 0 Å². The van der Waals surface area contributed by atoms with Gasteiger partial charge in [0.1, 0.15) is 23.8 Å². The Kier molecular flexibility index (Phi) is 11.3. The van der Waals surface area contributed by atoms with Gasteiger partial charge in [0, 0.05) is 48.3 Å². The minimum Gasteiger partial charge on any atom is -0.372 e. The van der Waals surface area contributed by atoms with E-state index in [2.05, 4.69) is 116 Å². The molecule has 0 saturated carbocycles. The predicted molar refractivity (Wildman–Crippen MR) is 167 cm³/mol. The molecule has 0 spiro atoms. The lowest BCUT2D eigenvalue weighted by Crippen LogP contribution is -2.28. The van der Waals surface area contributed by atoms with Crippen LogP contribution < -0.4 is 18.9 Å².